The lowest BCUT2D eigenvalue weighted by Crippen LogP contribution is -2.28. The van der Waals surface area contributed by atoms with Gasteiger partial charge in [0.25, 0.3) is 0 Å². The number of unbranched alkanes of at least 4 members (excludes halogenated alkanes) is 7. The molecule has 1 unspecified atom stereocenters. The lowest BCUT2D eigenvalue weighted by molar-refractivity contribution is -0.169. The van der Waals surface area contributed by atoms with Crippen molar-refractivity contribution in [2.45, 2.75) is 70.8 Å². The highest BCUT2D eigenvalue weighted by Crippen LogP contribution is 2.13. The summed E-state index contributed by atoms with van der Waals surface area (Å²) in [7, 11) is 0. The molecule has 23 heavy (non-hydrogen) atoms. The zero-order valence-electron chi connectivity index (χ0n) is 14.5. The molecular formula is C17H34O6. The first-order chi connectivity index (χ1) is 11.3. The Morgan fingerprint density at radius 3 is 2.13 bits per heavy atom. The summed E-state index contributed by atoms with van der Waals surface area (Å²) in [4.78, 5) is 11.8. The summed E-state index contributed by atoms with van der Waals surface area (Å²) in [5, 5.41) is 17.3. The fraction of sp³-hybridized carbons (Fsp3) is 0.941. The van der Waals surface area contributed by atoms with Crippen LogP contribution < -0.4 is 0 Å². The molecule has 0 bridgehead atoms. The molecule has 0 fully saturated rings. The molecule has 0 aliphatic carbocycles. The van der Waals surface area contributed by atoms with Crippen LogP contribution in [0, 0.1) is 0 Å². The Bertz CT molecular complexity index is 259. The van der Waals surface area contributed by atoms with Crippen LogP contribution in [0.3, 0.4) is 0 Å². The zero-order chi connectivity index (χ0) is 17.2. The summed E-state index contributed by atoms with van der Waals surface area (Å²) in [6, 6.07) is 0. The van der Waals surface area contributed by atoms with Gasteiger partial charge < -0.3 is 24.4 Å². The Balaban J connectivity index is 3.83. The molecule has 0 saturated heterocycles. The van der Waals surface area contributed by atoms with Crippen molar-refractivity contribution >= 4 is 5.97 Å². The largest absolute Gasteiger partial charge is 0.461 e. The van der Waals surface area contributed by atoms with Gasteiger partial charge in [-0.1, -0.05) is 58.3 Å². The Labute approximate surface area is 140 Å². The van der Waals surface area contributed by atoms with E-state index in [0.29, 0.717) is 6.42 Å². The third-order valence-electron chi connectivity index (χ3n) is 3.51. The molecule has 0 saturated carbocycles. The molecule has 0 aromatic rings. The van der Waals surface area contributed by atoms with E-state index in [9.17, 15) is 4.79 Å². The van der Waals surface area contributed by atoms with E-state index in [1.54, 1.807) is 0 Å². The van der Waals surface area contributed by atoms with Crippen LogP contribution in [0.1, 0.15) is 64.7 Å². The smallest absolute Gasteiger partial charge is 0.335 e. The summed E-state index contributed by atoms with van der Waals surface area (Å²) >= 11 is 0. The number of ether oxygens (including phenoxy) is 3. The SMILES string of the molecule is CCCCCCCCCCC(OCOCCO)C(=O)OCCO. The Hall–Kier alpha value is -0.690. The number of hydrogen-bond donors (Lipinski definition) is 2. The normalized spacial score (nSPS) is 12.3. The highest BCUT2D eigenvalue weighted by Gasteiger charge is 2.20. The van der Waals surface area contributed by atoms with E-state index in [1.165, 1.54) is 38.5 Å². The predicted octanol–water partition coefficient (Wildman–Crippen LogP) is 2.40. The van der Waals surface area contributed by atoms with Crippen LogP contribution in [-0.4, -0.2) is 55.5 Å². The lowest BCUT2D eigenvalue weighted by Gasteiger charge is -2.16. The minimum Gasteiger partial charge on any atom is -0.461 e. The highest BCUT2D eigenvalue weighted by molar-refractivity contribution is 5.74. The van der Waals surface area contributed by atoms with E-state index in [2.05, 4.69) is 6.92 Å². The molecule has 0 heterocycles. The maximum absolute atomic E-state index is 11.8. The van der Waals surface area contributed by atoms with Gasteiger partial charge >= 0.3 is 5.97 Å². The monoisotopic (exact) mass is 334 g/mol. The van der Waals surface area contributed by atoms with Gasteiger partial charge in [0.05, 0.1) is 19.8 Å². The van der Waals surface area contributed by atoms with Crippen LogP contribution in [-0.2, 0) is 19.0 Å². The Kier molecular flexibility index (Phi) is 17.1. The van der Waals surface area contributed by atoms with E-state index in [-0.39, 0.29) is 33.2 Å². The van der Waals surface area contributed by atoms with E-state index < -0.39 is 12.1 Å². The lowest BCUT2D eigenvalue weighted by atomic mass is 10.1. The maximum atomic E-state index is 11.8. The molecule has 138 valence electrons. The second-order valence-corrected chi connectivity index (χ2v) is 5.56. The number of carbonyl (C=O) groups is 1. The molecule has 0 aliphatic rings. The topological polar surface area (TPSA) is 85.2 Å². The molecule has 0 aliphatic heterocycles. The van der Waals surface area contributed by atoms with Gasteiger partial charge in [-0.3, -0.25) is 0 Å². The molecule has 0 amide bonds. The minimum atomic E-state index is -0.666. The number of rotatable bonds is 17. The van der Waals surface area contributed by atoms with Crippen molar-refractivity contribution in [3.05, 3.63) is 0 Å². The molecule has 0 radical (unpaired) electrons. The van der Waals surface area contributed by atoms with Crippen molar-refractivity contribution < 1.29 is 29.2 Å². The molecule has 0 spiro atoms. The van der Waals surface area contributed by atoms with Gasteiger partial charge in [0.1, 0.15) is 13.4 Å². The average Bonchev–Trinajstić information content (AvgIpc) is 2.56. The van der Waals surface area contributed by atoms with Crippen molar-refractivity contribution in [3.63, 3.8) is 0 Å². The Morgan fingerprint density at radius 1 is 0.913 bits per heavy atom. The first-order valence-corrected chi connectivity index (χ1v) is 8.84. The van der Waals surface area contributed by atoms with Gasteiger partial charge in [-0.25, -0.2) is 4.79 Å². The summed E-state index contributed by atoms with van der Waals surface area (Å²) in [6.45, 7) is 2.04. The number of aliphatic hydroxyl groups is 2. The molecule has 0 rings (SSSR count). The third kappa shape index (κ3) is 14.6. The zero-order valence-corrected chi connectivity index (χ0v) is 14.5. The van der Waals surface area contributed by atoms with Gasteiger partial charge in [0.15, 0.2) is 6.10 Å². The van der Waals surface area contributed by atoms with Crippen molar-refractivity contribution in [3.8, 4) is 0 Å². The van der Waals surface area contributed by atoms with Gasteiger partial charge in [-0.2, -0.15) is 0 Å². The van der Waals surface area contributed by atoms with Crippen LogP contribution in [0.2, 0.25) is 0 Å². The van der Waals surface area contributed by atoms with Crippen molar-refractivity contribution in [2.75, 3.05) is 33.2 Å². The first kappa shape index (κ1) is 22.3. The fourth-order valence-electron chi connectivity index (χ4n) is 2.23. The number of hydrogen-bond acceptors (Lipinski definition) is 6. The molecule has 0 aromatic heterocycles. The quantitative estimate of drug-likeness (QED) is 0.241. The molecule has 2 N–H and O–H groups in total. The maximum Gasteiger partial charge on any atom is 0.335 e. The van der Waals surface area contributed by atoms with E-state index in [1.807, 2.05) is 0 Å². The minimum absolute atomic E-state index is 0.0202. The van der Waals surface area contributed by atoms with Crippen molar-refractivity contribution in [1.29, 1.82) is 0 Å². The summed E-state index contributed by atoms with van der Waals surface area (Å²) < 4.78 is 15.3. The van der Waals surface area contributed by atoms with Crippen LogP contribution in [0.5, 0.6) is 0 Å². The summed E-state index contributed by atoms with van der Waals surface area (Å²) in [6.07, 6.45) is 9.43. The first-order valence-electron chi connectivity index (χ1n) is 8.84. The Morgan fingerprint density at radius 2 is 1.52 bits per heavy atom. The number of esters is 1. The highest BCUT2D eigenvalue weighted by atomic mass is 16.7. The molecule has 6 heteroatoms. The van der Waals surface area contributed by atoms with Crippen LogP contribution >= 0.6 is 0 Å². The van der Waals surface area contributed by atoms with Crippen molar-refractivity contribution in [2.24, 2.45) is 0 Å². The molecule has 1 atom stereocenters. The summed E-state index contributed by atoms with van der Waals surface area (Å²) in [5.74, 6) is -0.463. The fourth-order valence-corrected chi connectivity index (χ4v) is 2.23. The summed E-state index contributed by atoms with van der Waals surface area (Å²) in [5.41, 5.74) is 0. The second-order valence-electron chi connectivity index (χ2n) is 5.56. The number of aliphatic hydroxyl groups excluding tert-OH is 2. The van der Waals surface area contributed by atoms with Gasteiger partial charge in [-0.15, -0.1) is 0 Å². The standard InChI is InChI=1S/C17H34O6/c1-2-3-4-5-6-7-8-9-10-16(17(20)22-14-12-19)23-15-21-13-11-18/h16,18-19H,2-15H2,1H3. The van der Waals surface area contributed by atoms with Crippen molar-refractivity contribution in [1.82, 2.24) is 0 Å². The van der Waals surface area contributed by atoms with Gasteiger partial charge in [0, 0.05) is 0 Å². The van der Waals surface area contributed by atoms with E-state index in [0.717, 1.165) is 12.8 Å². The van der Waals surface area contributed by atoms with E-state index in [4.69, 9.17) is 24.4 Å². The molecule has 6 nitrogen and oxygen atoms in total. The van der Waals surface area contributed by atoms with Gasteiger partial charge in [-0.05, 0) is 6.42 Å². The van der Waals surface area contributed by atoms with Gasteiger partial charge in [0.2, 0.25) is 0 Å². The second kappa shape index (κ2) is 17.7. The van der Waals surface area contributed by atoms with Crippen LogP contribution in [0.25, 0.3) is 0 Å². The number of carbonyl (C=O) groups excluding carboxylic acids is 1. The molecule has 0 aromatic carbocycles. The predicted molar refractivity (Wildman–Crippen MR) is 88.0 cm³/mol. The molecular weight excluding hydrogens is 300 g/mol. The van der Waals surface area contributed by atoms with Crippen LogP contribution in [0.15, 0.2) is 0 Å². The average molecular weight is 334 g/mol. The van der Waals surface area contributed by atoms with Crippen LogP contribution in [0.4, 0.5) is 0 Å². The van der Waals surface area contributed by atoms with E-state index >= 15 is 0 Å². The third-order valence-corrected chi connectivity index (χ3v) is 3.51.